The molecule has 1 N–H and O–H groups in total. The Morgan fingerprint density at radius 2 is 2.03 bits per heavy atom. The highest BCUT2D eigenvalue weighted by Crippen LogP contribution is 2.39. The molecule has 2 aliphatic rings. The SMILES string of the molecule is C=N/C(=C(\C(C)=N/CN1CCCCC1)C(CCC)C(=C)O)c1ccc2c3c(ccnc13)CCO2. The Balaban J connectivity index is 1.88. The van der Waals surface area contributed by atoms with Gasteiger partial charge < -0.3 is 9.84 Å². The van der Waals surface area contributed by atoms with Crippen LogP contribution in [0.4, 0.5) is 0 Å². The van der Waals surface area contributed by atoms with Gasteiger partial charge in [0.1, 0.15) is 5.75 Å². The Kier molecular flexibility index (Phi) is 7.78. The van der Waals surface area contributed by atoms with Crippen LogP contribution in [-0.2, 0) is 6.42 Å². The van der Waals surface area contributed by atoms with Gasteiger partial charge in [0.25, 0.3) is 0 Å². The minimum Gasteiger partial charge on any atom is -0.512 e. The van der Waals surface area contributed by atoms with E-state index >= 15 is 0 Å². The first-order chi connectivity index (χ1) is 16.5. The summed E-state index contributed by atoms with van der Waals surface area (Å²) < 4.78 is 5.92. The predicted octanol–water partition coefficient (Wildman–Crippen LogP) is 5.97. The number of hydrogen-bond donors (Lipinski definition) is 1. The third-order valence-corrected chi connectivity index (χ3v) is 6.91. The van der Waals surface area contributed by atoms with E-state index in [1.54, 1.807) is 0 Å². The maximum absolute atomic E-state index is 10.6. The Hall–Kier alpha value is -2.99. The van der Waals surface area contributed by atoms with Crippen molar-refractivity contribution in [2.45, 2.75) is 52.4 Å². The second-order valence-electron chi connectivity index (χ2n) is 9.22. The predicted molar refractivity (Wildman–Crippen MR) is 141 cm³/mol. The van der Waals surface area contributed by atoms with Gasteiger partial charge in [0.2, 0.25) is 0 Å². The number of allylic oxidation sites excluding steroid dienone is 1. The molecule has 180 valence electrons. The van der Waals surface area contributed by atoms with Gasteiger partial charge in [-0.3, -0.25) is 19.9 Å². The second-order valence-corrected chi connectivity index (χ2v) is 9.22. The molecule has 1 fully saturated rings. The van der Waals surface area contributed by atoms with Gasteiger partial charge in [-0.05, 0) is 69.8 Å². The molecule has 6 heteroatoms. The highest BCUT2D eigenvalue weighted by Gasteiger charge is 2.26. The number of rotatable bonds is 9. The molecule has 2 aliphatic heterocycles. The topological polar surface area (TPSA) is 70.3 Å². The van der Waals surface area contributed by atoms with E-state index in [-0.39, 0.29) is 11.7 Å². The van der Waals surface area contributed by atoms with Crippen LogP contribution in [0.15, 0.2) is 52.3 Å². The van der Waals surface area contributed by atoms with Gasteiger partial charge in [0.15, 0.2) is 0 Å². The quantitative estimate of drug-likeness (QED) is 0.369. The lowest BCUT2D eigenvalue weighted by molar-refractivity contribution is 0.236. The van der Waals surface area contributed by atoms with E-state index in [1.165, 1.54) is 24.8 Å². The van der Waals surface area contributed by atoms with Crippen LogP contribution >= 0.6 is 0 Å². The fraction of sp³-hybridized carbons (Fsp3) is 0.464. The molecule has 0 aliphatic carbocycles. The maximum Gasteiger partial charge on any atom is 0.129 e. The standard InChI is InChI=1S/C28H36N4O2/c1-5-9-22(20(3)33)25(19(2)31-18-32-15-7-6-8-16-32)27(29-4)23-10-11-24-26-21(13-17-34-24)12-14-30-28(23)26/h10-12,14,22,33H,3-9,13,15-18H2,1-2H3/b27-25+,31-19-. The monoisotopic (exact) mass is 460 g/mol. The van der Waals surface area contributed by atoms with E-state index in [0.717, 1.165) is 65.9 Å². The molecule has 1 aromatic carbocycles. The molecule has 0 radical (unpaired) electrons. The van der Waals surface area contributed by atoms with Gasteiger partial charge in [-0.25, -0.2) is 0 Å². The number of aliphatic hydroxyl groups is 1. The van der Waals surface area contributed by atoms with Gasteiger partial charge in [-0.15, -0.1) is 0 Å². The average molecular weight is 461 g/mol. The first-order valence-electron chi connectivity index (χ1n) is 12.4. The van der Waals surface area contributed by atoms with Crippen LogP contribution in [0, 0.1) is 5.92 Å². The number of pyridine rings is 1. The van der Waals surface area contributed by atoms with E-state index in [0.29, 0.717) is 19.0 Å². The smallest absolute Gasteiger partial charge is 0.129 e. The van der Waals surface area contributed by atoms with Gasteiger partial charge in [0.05, 0.1) is 30.2 Å². The first-order valence-corrected chi connectivity index (χ1v) is 12.4. The summed E-state index contributed by atoms with van der Waals surface area (Å²) in [5, 5.41) is 11.7. The molecule has 1 unspecified atom stereocenters. The van der Waals surface area contributed by atoms with Crippen molar-refractivity contribution in [2.75, 3.05) is 26.4 Å². The molecule has 34 heavy (non-hydrogen) atoms. The molecule has 1 saturated heterocycles. The van der Waals surface area contributed by atoms with Gasteiger partial charge in [0, 0.05) is 40.8 Å². The number of aromatic nitrogens is 1. The molecule has 6 nitrogen and oxygen atoms in total. The van der Waals surface area contributed by atoms with Crippen LogP contribution in [0.1, 0.15) is 57.1 Å². The molecular weight excluding hydrogens is 424 g/mol. The average Bonchev–Trinajstić information content (AvgIpc) is 2.86. The third-order valence-electron chi connectivity index (χ3n) is 6.91. The van der Waals surface area contributed by atoms with Crippen molar-refractivity contribution in [1.29, 1.82) is 0 Å². The van der Waals surface area contributed by atoms with E-state index in [1.807, 2.05) is 25.3 Å². The lowest BCUT2D eigenvalue weighted by Gasteiger charge is -2.26. The largest absolute Gasteiger partial charge is 0.512 e. The van der Waals surface area contributed by atoms with E-state index in [2.05, 4.69) is 36.2 Å². The zero-order chi connectivity index (χ0) is 24.1. The maximum atomic E-state index is 10.6. The highest BCUT2D eigenvalue weighted by molar-refractivity contribution is 6.09. The molecule has 0 saturated carbocycles. The van der Waals surface area contributed by atoms with Crippen LogP contribution in [-0.4, -0.2) is 53.8 Å². The van der Waals surface area contributed by atoms with Crippen molar-refractivity contribution in [1.82, 2.24) is 9.88 Å². The molecule has 0 bridgehead atoms. The van der Waals surface area contributed by atoms with Crippen LogP contribution in [0.3, 0.4) is 0 Å². The molecular formula is C28H36N4O2. The van der Waals surface area contributed by atoms with Gasteiger partial charge >= 0.3 is 0 Å². The summed E-state index contributed by atoms with van der Waals surface area (Å²) in [6.07, 6.45) is 8.08. The summed E-state index contributed by atoms with van der Waals surface area (Å²) in [4.78, 5) is 16.6. The molecule has 0 spiro atoms. The first kappa shape index (κ1) is 24.1. The summed E-state index contributed by atoms with van der Waals surface area (Å²) in [6, 6.07) is 6.06. The van der Waals surface area contributed by atoms with Crippen LogP contribution in [0.2, 0.25) is 0 Å². The molecule has 2 aromatic rings. The molecule has 0 amide bonds. The fourth-order valence-electron chi connectivity index (χ4n) is 5.16. The number of ether oxygens (including phenoxy) is 1. The van der Waals surface area contributed by atoms with Gasteiger partial charge in [-0.2, -0.15) is 0 Å². The number of benzene rings is 1. The zero-order valence-electron chi connectivity index (χ0n) is 20.5. The zero-order valence-corrected chi connectivity index (χ0v) is 20.5. The van der Waals surface area contributed by atoms with E-state index in [4.69, 9.17) is 14.7 Å². The van der Waals surface area contributed by atoms with Crippen molar-refractivity contribution in [3.63, 3.8) is 0 Å². The number of aliphatic imine (C=N–C) groups is 2. The molecule has 1 aromatic heterocycles. The lowest BCUT2D eigenvalue weighted by atomic mass is 9.86. The van der Waals surface area contributed by atoms with Gasteiger partial charge in [-0.1, -0.05) is 26.3 Å². The minimum atomic E-state index is -0.280. The second kappa shape index (κ2) is 11.0. The van der Waals surface area contributed by atoms with Crippen molar-refractivity contribution in [2.24, 2.45) is 15.9 Å². The van der Waals surface area contributed by atoms with E-state index < -0.39 is 0 Å². The number of hydrogen-bond acceptors (Lipinski definition) is 6. The molecule has 4 rings (SSSR count). The van der Waals surface area contributed by atoms with Crippen molar-refractivity contribution >= 4 is 29.0 Å². The third kappa shape index (κ3) is 4.92. The minimum absolute atomic E-state index is 0.129. The summed E-state index contributed by atoms with van der Waals surface area (Å²) in [7, 11) is 0. The van der Waals surface area contributed by atoms with Crippen molar-refractivity contribution in [3.05, 3.63) is 53.4 Å². The van der Waals surface area contributed by atoms with Crippen molar-refractivity contribution < 1.29 is 9.84 Å². The van der Waals surface area contributed by atoms with Crippen LogP contribution in [0.5, 0.6) is 5.75 Å². The Morgan fingerprint density at radius 3 is 2.74 bits per heavy atom. The normalized spacial score (nSPS) is 18.2. The fourth-order valence-corrected chi connectivity index (χ4v) is 5.16. The Bertz CT molecular complexity index is 1120. The summed E-state index contributed by atoms with van der Waals surface area (Å²) in [5.74, 6) is 0.701. The number of likely N-dealkylation sites (tertiary alicyclic amines) is 1. The number of piperidine rings is 1. The summed E-state index contributed by atoms with van der Waals surface area (Å²) >= 11 is 0. The lowest BCUT2D eigenvalue weighted by Crippen LogP contribution is -2.30. The summed E-state index contributed by atoms with van der Waals surface area (Å²) in [6.45, 7) is 15.4. The molecule has 3 heterocycles. The number of nitrogens with zero attached hydrogens (tertiary/aromatic N) is 4. The Labute approximate surface area is 202 Å². The number of aliphatic hydroxyl groups excluding tert-OH is 1. The highest BCUT2D eigenvalue weighted by atomic mass is 16.5. The summed E-state index contributed by atoms with van der Waals surface area (Å²) in [5.41, 5.74) is 5.39. The van der Waals surface area contributed by atoms with Crippen LogP contribution in [0.25, 0.3) is 16.6 Å². The van der Waals surface area contributed by atoms with E-state index in [9.17, 15) is 5.11 Å². The Morgan fingerprint density at radius 1 is 1.24 bits per heavy atom. The molecule has 1 atom stereocenters. The van der Waals surface area contributed by atoms with Crippen LogP contribution < -0.4 is 4.74 Å². The van der Waals surface area contributed by atoms with Crippen molar-refractivity contribution in [3.8, 4) is 5.75 Å².